The third kappa shape index (κ3) is 3.69. The number of rotatable bonds is 3. The molecule has 1 N–H and O–H groups in total. The van der Waals surface area contributed by atoms with Crippen LogP contribution >= 0.6 is 27.5 Å². The highest BCUT2D eigenvalue weighted by molar-refractivity contribution is 9.10. The Hall–Kier alpha value is -0.150. The molecule has 106 valence electrons. The van der Waals surface area contributed by atoms with Gasteiger partial charge in [-0.2, -0.15) is 0 Å². The van der Waals surface area contributed by atoms with Crippen molar-refractivity contribution >= 4 is 47.4 Å². The second kappa shape index (κ2) is 5.33. The van der Waals surface area contributed by atoms with Gasteiger partial charge in [-0.25, -0.2) is 21.6 Å². The zero-order valence-corrected chi connectivity index (χ0v) is 13.6. The molecular weight excluding hydrogens is 378 g/mol. The van der Waals surface area contributed by atoms with Gasteiger partial charge in [-0.05, 0) is 24.3 Å². The summed E-state index contributed by atoms with van der Waals surface area (Å²) in [5, 5.41) is -0.741. The molecule has 0 spiro atoms. The fourth-order valence-electron chi connectivity index (χ4n) is 1.79. The maximum absolute atomic E-state index is 12.1. The molecule has 1 aromatic rings. The Morgan fingerprint density at radius 2 is 1.79 bits per heavy atom. The summed E-state index contributed by atoms with van der Waals surface area (Å²) in [5.74, 6) is -0.473. The third-order valence-corrected chi connectivity index (χ3v) is 7.12. The summed E-state index contributed by atoms with van der Waals surface area (Å²) in [5.41, 5.74) is 0. The summed E-state index contributed by atoms with van der Waals surface area (Å²) >= 11 is 9.08. The molecular formula is C10H11BrClNO4S2. The normalized spacial score (nSPS) is 26.4. The maximum Gasteiger partial charge on any atom is 0.240 e. The van der Waals surface area contributed by atoms with Crippen LogP contribution in [0.15, 0.2) is 33.6 Å². The molecule has 1 aromatic carbocycles. The van der Waals surface area contributed by atoms with Crippen molar-refractivity contribution in [2.24, 2.45) is 0 Å². The van der Waals surface area contributed by atoms with Crippen LogP contribution in [0.4, 0.5) is 0 Å². The molecule has 2 unspecified atom stereocenters. The predicted octanol–water partition coefficient (Wildman–Crippen LogP) is 1.13. The average molecular weight is 389 g/mol. The number of alkyl halides is 1. The minimum atomic E-state index is -3.76. The Bertz CT molecular complexity index is 672. The fourth-order valence-corrected chi connectivity index (χ4v) is 6.06. The molecule has 0 aliphatic carbocycles. The first-order valence-electron chi connectivity index (χ1n) is 5.32. The Morgan fingerprint density at radius 3 is 2.26 bits per heavy atom. The molecule has 5 nitrogen and oxygen atoms in total. The molecule has 0 saturated carbocycles. The molecule has 2 atom stereocenters. The Balaban J connectivity index is 2.21. The van der Waals surface area contributed by atoms with E-state index in [4.69, 9.17) is 11.6 Å². The summed E-state index contributed by atoms with van der Waals surface area (Å²) in [6.45, 7) is 0. The standard InChI is InChI=1S/C10H11BrClNO4S2/c11-7-1-3-8(4-2-7)19(16,17)13-10-6-18(14,15)5-9(10)12/h1-4,9-10,13H,5-6H2. The van der Waals surface area contributed by atoms with Gasteiger partial charge < -0.3 is 0 Å². The van der Waals surface area contributed by atoms with Crippen LogP contribution in [-0.2, 0) is 19.9 Å². The molecule has 9 heteroatoms. The summed E-state index contributed by atoms with van der Waals surface area (Å²) < 4.78 is 50.0. The lowest BCUT2D eigenvalue weighted by molar-refractivity contribution is 0.563. The highest BCUT2D eigenvalue weighted by atomic mass is 79.9. The maximum atomic E-state index is 12.1. The number of nitrogens with one attached hydrogen (secondary N) is 1. The SMILES string of the molecule is O=S1(=O)CC(Cl)C(NS(=O)(=O)c2ccc(Br)cc2)C1. The first kappa shape index (κ1) is 15.2. The summed E-state index contributed by atoms with van der Waals surface area (Å²) in [6, 6.07) is 5.26. The molecule has 1 aliphatic heterocycles. The van der Waals surface area contributed by atoms with Crippen molar-refractivity contribution in [3.63, 3.8) is 0 Å². The van der Waals surface area contributed by atoms with Gasteiger partial charge in [0.25, 0.3) is 0 Å². The summed E-state index contributed by atoms with van der Waals surface area (Å²) in [6.07, 6.45) is 0. The largest absolute Gasteiger partial charge is 0.240 e. The van der Waals surface area contributed by atoms with Crippen LogP contribution in [0.2, 0.25) is 0 Å². The number of sulfonamides is 1. The van der Waals surface area contributed by atoms with E-state index in [9.17, 15) is 16.8 Å². The lowest BCUT2D eigenvalue weighted by atomic mass is 10.3. The van der Waals surface area contributed by atoms with Gasteiger partial charge in [0.1, 0.15) is 0 Å². The van der Waals surface area contributed by atoms with Gasteiger partial charge in [0.05, 0.1) is 27.8 Å². The van der Waals surface area contributed by atoms with E-state index in [-0.39, 0.29) is 16.4 Å². The zero-order valence-electron chi connectivity index (χ0n) is 9.58. The highest BCUT2D eigenvalue weighted by Crippen LogP contribution is 2.21. The van der Waals surface area contributed by atoms with Gasteiger partial charge in [0.2, 0.25) is 10.0 Å². The van der Waals surface area contributed by atoms with E-state index in [1.54, 1.807) is 12.1 Å². The van der Waals surface area contributed by atoms with Gasteiger partial charge in [0.15, 0.2) is 9.84 Å². The topological polar surface area (TPSA) is 80.3 Å². The van der Waals surface area contributed by atoms with E-state index < -0.39 is 31.3 Å². The molecule has 0 bridgehead atoms. The van der Waals surface area contributed by atoms with Crippen LogP contribution < -0.4 is 4.72 Å². The Kier molecular flexibility index (Phi) is 4.27. The number of hydrogen-bond acceptors (Lipinski definition) is 4. The molecule has 0 amide bonds. The molecule has 0 aromatic heterocycles. The molecule has 2 rings (SSSR count). The van der Waals surface area contributed by atoms with E-state index in [2.05, 4.69) is 20.7 Å². The molecule has 19 heavy (non-hydrogen) atoms. The van der Waals surface area contributed by atoms with Crippen molar-refractivity contribution in [3.05, 3.63) is 28.7 Å². The highest BCUT2D eigenvalue weighted by Gasteiger charge is 2.38. The predicted molar refractivity (Wildman–Crippen MR) is 76.5 cm³/mol. The van der Waals surface area contributed by atoms with Gasteiger partial charge in [0, 0.05) is 4.47 Å². The molecule has 1 aliphatic rings. The van der Waals surface area contributed by atoms with E-state index in [0.29, 0.717) is 0 Å². The minimum Gasteiger partial charge on any atom is -0.229 e. The summed E-state index contributed by atoms with van der Waals surface area (Å²) in [7, 11) is -7.04. The summed E-state index contributed by atoms with van der Waals surface area (Å²) in [4.78, 5) is 0.0730. The van der Waals surface area contributed by atoms with Crippen LogP contribution in [-0.4, -0.2) is 39.8 Å². The van der Waals surface area contributed by atoms with Gasteiger partial charge in [-0.15, -0.1) is 11.6 Å². The molecule has 1 saturated heterocycles. The minimum absolute atomic E-state index is 0.0730. The van der Waals surface area contributed by atoms with Crippen molar-refractivity contribution in [1.29, 1.82) is 0 Å². The van der Waals surface area contributed by atoms with Crippen molar-refractivity contribution in [2.45, 2.75) is 16.3 Å². The molecule has 1 heterocycles. The monoisotopic (exact) mass is 387 g/mol. The van der Waals surface area contributed by atoms with E-state index in [1.807, 2.05) is 0 Å². The van der Waals surface area contributed by atoms with Crippen molar-refractivity contribution in [2.75, 3.05) is 11.5 Å². The number of sulfone groups is 1. The van der Waals surface area contributed by atoms with Crippen LogP contribution in [0.3, 0.4) is 0 Å². The fraction of sp³-hybridized carbons (Fsp3) is 0.400. The number of halogens is 2. The average Bonchev–Trinajstić information content (AvgIpc) is 2.51. The third-order valence-electron chi connectivity index (χ3n) is 2.71. The smallest absolute Gasteiger partial charge is 0.229 e. The van der Waals surface area contributed by atoms with Gasteiger partial charge in [-0.3, -0.25) is 0 Å². The van der Waals surface area contributed by atoms with Crippen molar-refractivity contribution in [3.8, 4) is 0 Å². The van der Waals surface area contributed by atoms with Crippen molar-refractivity contribution in [1.82, 2.24) is 4.72 Å². The van der Waals surface area contributed by atoms with E-state index in [0.717, 1.165) is 4.47 Å². The van der Waals surface area contributed by atoms with Crippen LogP contribution in [0.1, 0.15) is 0 Å². The number of hydrogen-bond donors (Lipinski definition) is 1. The second-order valence-corrected chi connectivity index (χ2v) is 9.62. The van der Waals surface area contributed by atoms with Gasteiger partial charge >= 0.3 is 0 Å². The Labute approximate surface area is 125 Å². The first-order valence-corrected chi connectivity index (χ1v) is 9.85. The molecule has 0 radical (unpaired) electrons. The van der Waals surface area contributed by atoms with Crippen molar-refractivity contribution < 1.29 is 16.8 Å². The van der Waals surface area contributed by atoms with Crippen LogP contribution in [0.25, 0.3) is 0 Å². The van der Waals surface area contributed by atoms with E-state index >= 15 is 0 Å². The van der Waals surface area contributed by atoms with Crippen LogP contribution in [0, 0.1) is 0 Å². The van der Waals surface area contributed by atoms with Crippen LogP contribution in [0.5, 0.6) is 0 Å². The molecule has 1 fully saturated rings. The lowest BCUT2D eigenvalue weighted by Crippen LogP contribution is -2.40. The zero-order chi connectivity index (χ0) is 14.3. The number of benzene rings is 1. The van der Waals surface area contributed by atoms with Gasteiger partial charge in [-0.1, -0.05) is 15.9 Å². The van der Waals surface area contributed by atoms with E-state index in [1.165, 1.54) is 12.1 Å². The Morgan fingerprint density at radius 1 is 1.21 bits per heavy atom. The lowest BCUT2D eigenvalue weighted by Gasteiger charge is -2.14. The quantitative estimate of drug-likeness (QED) is 0.787. The second-order valence-electron chi connectivity index (χ2n) is 4.27. The first-order chi connectivity index (χ1) is 8.70.